The van der Waals surface area contributed by atoms with E-state index >= 15 is 0 Å². The fraction of sp³-hybridized carbons (Fsp3) is 0.893. The summed E-state index contributed by atoms with van der Waals surface area (Å²) in [5.74, 6) is -2.09. The number of hydrogen-bond donors (Lipinski definition) is 4. The number of amides is 3. The van der Waals surface area contributed by atoms with Gasteiger partial charge in [0.15, 0.2) is 5.44 Å². The molecule has 3 amide bonds. The van der Waals surface area contributed by atoms with Crippen molar-refractivity contribution in [1.82, 2.24) is 16.0 Å². The third-order valence-electron chi connectivity index (χ3n) is 9.06. The van der Waals surface area contributed by atoms with Crippen LogP contribution in [0.1, 0.15) is 107 Å². The van der Waals surface area contributed by atoms with Crippen LogP contribution in [-0.4, -0.2) is 66.6 Å². The molecule has 11 nitrogen and oxygen atoms in total. The van der Waals surface area contributed by atoms with E-state index in [4.69, 9.17) is 7.48 Å². The Balaban J connectivity index is 0.00000645. The molecular formula is C28H48N3NaO8S. The molecule has 1 unspecified atom stereocenters. The SMILES string of the molecule is [2H]C([2H])(OC(=O)N[C@@H](CC(C)C)C(=O)N[C@@H](C[C@@H]1CCNC1=O)C(O)S(=O)(=O)[O-])C12CCC(CCCCC)(CC1)CC2.[Na+]. The minimum atomic E-state index is -5.23. The first kappa shape index (κ1) is 33.0. The first-order valence-corrected chi connectivity index (χ1v) is 16.2. The number of nitrogens with one attached hydrogen (secondary N) is 3. The van der Waals surface area contributed by atoms with Crippen molar-refractivity contribution < 1.29 is 69.5 Å². The maximum Gasteiger partial charge on any atom is 1.00 e. The first-order chi connectivity index (χ1) is 19.5. The zero-order valence-electron chi connectivity index (χ0n) is 27.0. The number of carbonyl (C=O) groups is 3. The molecule has 0 aromatic rings. The predicted molar refractivity (Wildman–Crippen MR) is 148 cm³/mol. The molecule has 0 radical (unpaired) electrons. The van der Waals surface area contributed by atoms with Crippen molar-refractivity contribution in [2.24, 2.45) is 22.7 Å². The molecular weight excluding hydrogens is 561 g/mol. The summed E-state index contributed by atoms with van der Waals surface area (Å²) in [6, 6.07) is -2.86. The molecule has 2 bridgehead atoms. The molecule has 1 aliphatic heterocycles. The second kappa shape index (κ2) is 15.7. The van der Waals surface area contributed by atoms with Gasteiger partial charge >= 0.3 is 35.7 Å². The monoisotopic (exact) mass is 611 g/mol. The second-order valence-corrected chi connectivity index (χ2v) is 14.0. The molecule has 4 N–H and O–H groups in total. The van der Waals surface area contributed by atoms with Crippen molar-refractivity contribution in [1.29, 1.82) is 0 Å². The molecule has 4 aliphatic rings. The molecule has 0 aromatic carbocycles. The molecule has 3 aliphatic carbocycles. The van der Waals surface area contributed by atoms with E-state index in [-0.39, 0.29) is 59.6 Å². The van der Waals surface area contributed by atoms with Crippen LogP contribution in [-0.2, 0) is 24.4 Å². The van der Waals surface area contributed by atoms with Gasteiger partial charge in [-0.3, -0.25) is 9.59 Å². The summed E-state index contributed by atoms with van der Waals surface area (Å²) in [6.07, 6.45) is 8.20. The van der Waals surface area contributed by atoms with Crippen molar-refractivity contribution >= 4 is 28.0 Å². The summed E-state index contributed by atoms with van der Waals surface area (Å²) in [5.41, 5.74) is -3.05. The summed E-state index contributed by atoms with van der Waals surface area (Å²) < 4.78 is 57.7. The van der Waals surface area contributed by atoms with Gasteiger partial charge in [0.05, 0.1) is 15.3 Å². The Bertz CT molecular complexity index is 1070. The van der Waals surface area contributed by atoms with E-state index in [0.29, 0.717) is 32.2 Å². The minimum absolute atomic E-state index is 0. The van der Waals surface area contributed by atoms with E-state index in [0.717, 1.165) is 32.1 Å². The van der Waals surface area contributed by atoms with Crippen molar-refractivity contribution in [2.45, 2.75) is 122 Å². The van der Waals surface area contributed by atoms with Crippen LogP contribution in [0.3, 0.4) is 0 Å². The summed E-state index contributed by atoms with van der Waals surface area (Å²) in [4.78, 5) is 38.3. The molecule has 4 fully saturated rings. The van der Waals surface area contributed by atoms with Crippen molar-refractivity contribution in [3.8, 4) is 0 Å². The Hall–Kier alpha value is -0.920. The van der Waals surface area contributed by atoms with Crippen LogP contribution >= 0.6 is 0 Å². The average Bonchev–Trinajstić information content (AvgIpc) is 3.31. The largest absolute Gasteiger partial charge is 1.00 e. The smallest absolute Gasteiger partial charge is 0.746 e. The molecule has 13 heteroatoms. The second-order valence-electron chi connectivity index (χ2n) is 12.6. The molecule has 0 spiro atoms. The Morgan fingerprint density at radius 1 is 1.15 bits per heavy atom. The molecule has 3 saturated carbocycles. The Labute approximate surface area is 269 Å². The van der Waals surface area contributed by atoms with Crippen molar-refractivity contribution in [3.63, 3.8) is 0 Å². The average molecular weight is 612 g/mol. The third-order valence-corrected chi connectivity index (χ3v) is 9.98. The number of fused-ring (bicyclic) bond motifs is 3. The van der Waals surface area contributed by atoms with Crippen LogP contribution < -0.4 is 45.5 Å². The van der Waals surface area contributed by atoms with Crippen LogP contribution in [0.2, 0.25) is 0 Å². The standard InChI is InChI=1S/C28H49N3O8S.Na/c1-4-5-6-8-27-9-12-28(13-10-27,14-11-27)18-39-26(35)31-21(16-19(2)3)24(33)30-22(25(34)40(36,37)38)17-20-7-15-29-23(20)32;/h19-22,25,34H,4-18H2,1-3H3,(H,29,32)(H,30,33)(H,31,35)(H,36,37,38);/q;+1/p-1/t20-,21-,22-,25?,27?,28?;/m0./s1/i18D2;. The minimum Gasteiger partial charge on any atom is -0.746 e. The maximum absolute atomic E-state index is 13.3. The van der Waals surface area contributed by atoms with E-state index in [1.165, 1.54) is 12.8 Å². The zero-order chi connectivity index (χ0) is 31.3. The molecule has 1 heterocycles. The number of aliphatic hydroxyl groups is 1. The van der Waals surface area contributed by atoms with Gasteiger partial charge < -0.3 is 30.3 Å². The summed E-state index contributed by atoms with van der Waals surface area (Å²) in [7, 11) is -5.23. The molecule has 1 saturated heterocycles. The van der Waals surface area contributed by atoms with Gasteiger partial charge in [-0.2, -0.15) is 0 Å². The zero-order valence-corrected chi connectivity index (χ0v) is 27.8. The quantitative estimate of drug-likeness (QED) is 0.113. The van der Waals surface area contributed by atoms with Crippen LogP contribution in [0.4, 0.5) is 4.79 Å². The van der Waals surface area contributed by atoms with Crippen LogP contribution in [0.25, 0.3) is 0 Å². The summed E-state index contributed by atoms with van der Waals surface area (Å²) in [5, 5.41) is 17.6. The number of carbonyl (C=O) groups excluding carboxylic acids is 3. The Morgan fingerprint density at radius 2 is 1.76 bits per heavy atom. The normalized spacial score (nSPS) is 28.9. The van der Waals surface area contributed by atoms with Gasteiger partial charge in [0, 0.05) is 17.9 Å². The summed E-state index contributed by atoms with van der Waals surface area (Å²) >= 11 is 0. The molecule has 230 valence electrons. The number of aliphatic hydroxyl groups excluding tert-OH is 1. The van der Waals surface area contributed by atoms with Gasteiger partial charge in [0.1, 0.15) is 16.2 Å². The van der Waals surface area contributed by atoms with Gasteiger partial charge in [-0.05, 0) is 75.5 Å². The van der Waals surface area contributed by atoms with Crippen LogP contribution in [0, 0.1) is 22.7 Å². The number of unbranched alkanes of at least 4 members (excludes halogenated alkanes) is 2. The molecule has 0 aromatic heterocycles. The van der Waals surface area contributed by atoms with E-state index in [2.05, 4.69) is 22.9 Å². The summed E-state index contributed by atoms with van der Waals surface area (Å²) in [6.45, 7) is 3.83. The number of alkyl carbamates (subject to hydrolysis) is 1. The fourth-order valence-electron chi connectivity index (χ4n) is 6.48. The Morgan fingerprint density at radius 3 is 2.27 bits per heavy atom. The number of rotatable bonds is 15. The molecule has 4 atom stereocenters. The maximum atomic E-state index is 13.3. The van der Waals surface area contributed by atoms with Gasteiger partial charge in [-0.1, -0.05) is 40.0 Å². The first-order valence-electron chi connectivity index (χ1n) is 15.7. The molecule has 41 heavy (non-hydrogen) atoms. The van der Waals surface area contributed by atoms with Gasteiger partial charge in [0.25, 0.3) is 0 Å². The number of hydrogen-bond acceptors (Lipinski definition) is 8. The van der Waals surface area contributed by atoms with Gasteiger partial charge in [-0.25, -0.2) is 13.2 Å². The van der Waals surface area contributed by atoms with E-state index in [1.54, 1.807) is 13.8 Å². The van der Waals surface area contributed by atoms with Gasteiger partial charge in [-0.15, -0.1) is 0 Å². The van der Waals surface area contributed by atoms with Crippen molar-refractivity contribution in [3.05, 3.63) is 0 Å². The van der Waals surface area contributed by atoms with Crippen LogP contribution in [0.15, 0.2) is 0 Å². The predicted octanol–water partition coefficient (Wildman–Crippen LogP) is -0.0732. The van der Waals surface area contributed by atoms with Gasteiger partial charge in [0.2, 0.25) is 11.8 Å². The van der Waals surface area contributed by atoms with E-state index < -0.39 is 57.5 Å². The van der Waals surface area contributed by atoms with Crippen LogP contribution in [0.5, 0.6) is 0 Å². The molecule has 4 rings (SSSR count). The number of ether oxygens (including phenoxy) is 1. The fourth-order valence-corrected chi connectivity index (χ4v) is 7.06. The van der Waals surface area contributed by atoms with E-state index in [1.807, 2.05) is 0 Å². The third kappa shape index (κ3) is 10.3. The van der Waals surface area contributed by atoms with Crippen molar-refractivity contribution in [2.75, 3.05) is 13.1 Å². The topological polar surface area (TPSA) is 174 Å². The van der Waals surface area contributed by atoms with E-state index in [9.17, 15) is 32.5 Å². The Kier molecular flexibility index (Phi) is 12.6.